The SMILES string of the molecule is CC1(C)COC2(C=C([C@@H](O)c3ccccc3)OCC2)OC1. The molecule has 3 rings (SSSR count). The van der Waals surface area contributed by atoms with Gasteiger partial charge in [-0.3, -0.25) is 0 Å². The molecule has 1 aromatic carbocycles. The van der Waals surface area contributed by atoms with E-state index in [1.54, 1.807) is 6.08 Å². The van der Waals surface area contributed by atoms with Gasteiger partial charge in [-0.05, 0) is 5.56 Å². The van der Waals surface area contributed by atoms with E-state index in [0.29, 0.717) is 32.0 Å². The minimum Gasteiger partial charge on any atom is -0.495 e. The highest BCUT2D eigenvalue weighted by molar-refractivity contribution is 5.25. The van der Waals surface area contributed by atoms with Crippen LogP contribution in [0.25, 0.3) is 0 Å². The van der Waals surface area contributed by atoms with Crippen molar-refractivity contribution in [1.29, 1.82) is 0 Å². The molecular weight excluding hydrogens is 268 g/mol. The van der Waals surface area contributed by atoms with Crippen molar-refractivity contribution >= 4 is 0 Å². The lowest BCUT2D eigenvalue weighted by Crippen LogP contribution is -2.48. The van der Waals surface area contributed by atoms with Gasteiger partial charge in [0, 0.05) is 17.9 Å². The van der Waals surface area contributed by atoms with Gasteiger partial charge >= 0.3 is 0 Å². The molecule has 0 amide bonds. The molecule has 1 atom stereocenters. The van der Waals surface area contributed by atoms with Crippen LogP contribution in [0.5, 0.6) is 0 Å². The lowest BCUT2D eigenvalue weighted by atomic mass is 9.93. The molecular formula is C17H22O4. The Labute approximate surface area is 125 Å². The van der Waals surface area contributed by atoms with Crippen LogP contribution in [0.2, 0.25) is 0 Å². The lowest BCUT2D eigenvalue weighted by molar-refractivity contribution is -0.283. The number of aliphatic hydroxyl groups excluding tert-OH is 1. The first kappa shape index (κ1) is 14.6. The maximum atomic E-state index is 10.5. The average Bonchev–Trinajstić information content (AvgIpc) is 2.51. The van der Waals surface area contributed by atoms with Gasteiger partial charge in [-0.1, -0.05) is 44.2 Å². The molecule has 0 unspecified atom stereocenters. The molecule has 1 saturated heterocycles. The maximum absolute atomic E-state index is 10.5. The smallest absolute Gasteiger partial charge is 0.194 e. The van der Waals surface area contributed by atoms with E-state index in [1.807, 2.05) is 30.3 Å². The van der Waals surface area contributed by atoms with Crippen molar-refractivity contribution in [3.8, 4) is 0 Å². The van der Waals surface area contributed by atoms with E-state index in [2.05, 4.69) is 13.8 Å². The Morgan fingerprint density at radius 3 is 2.43 bits per heavy atom. The average molecular weight is 290 g/mol. The Bertz CT molecular complexity index is 511. The van der Waals surface area contributed by atoms with E-state index in [0.717, 1.165) is 5.56 Å². The van der Waals surface area contributed by atoms with Gasteiger partial charge < -0.3 is 19.3 Å². The third-order valence-corrected chi connectivity index (χ3v) is 3.88. The second-order valence-corrected chi connectivity index (χ2v) is 6.51. The normalized spacial score (nSPS) is 25.0. The molecule has 0 bridgehead atoms. The Morgan fingerprint density at radius 1 is 1.10 bits per heavy atom. The van der Waals surface area contributed by atoms with E-state index in [4.69, 9.17) is 14.2 Å². The fourth-order valence-corrected chi connectivity index (χ4v) is 2.55. The molecule has 4 nitrogen and oxygen atoms in total. The Kier molecular flexibility index (Phi) is 3.78. The fraction of sp³-hybridized carbons (Fsp3) is 0.529. The number of rotatable bonds is 2. The van der Waals surface area contributed by atoms with Gasteiger partial charge in [0.1, 0.15) is 11.9 Å². The van der Waals surface area contributed by atoms with Crippen LogP contribution in [0, 0.1) is 5.41 Å². The zero-order chi connectivity index (χ0) is 14.9. The molecule has 0 saturated carbocycles. The van der Waals surface area contributed by atoms with Gasteiger partial charge in [-0.2, -0.15) is 0 Å². The van der Waals surface area contributed by atoms with Crippen LogP contribution in [-0.4, -0.2) is 30.7 Å². The number of aliphatic hydroxyl groups is 1. The van der Waals surface area contributed by atoms with Crippen LogP contribution in [0.4, 0.5) is 0 Å². The zero-order valence-electron chi connectivity index (χ0n) is 12.5. The summed E-state index contributed by atoms with van der Waals surface area (Å²) in [4.78, 5) is 0. The maximum Gasteiger partial charge on any atom is 0.194 e. The van der Waals surface area contributed by atoms with Crippen molar-refractivity contribution in [2.45, 2.75) is 32.2 Å². The second-order valence-electron chi connectivity index (χ2n) is 6.51. The van der Waals surface area contributed by atoms with Crippen LogP contribution in [0.3, 0.4) is 0 Å². The van der Waals surface area contributed by atoms with Crippen molar-refractivity contribution in [2.24, 2.45) is 5.41 Å². The molecule has 0 radical (unpaired) electrons. The van der Waals surface area contributed by atoms with Crippen molar-refractivity contribution < 1.29 is 19.3 Å². The van der Waals surface area contributed by atoms with E-state index in [1.165, 1.54) is 0 Å². The molecule has 2 aliphatic heterocycles. The highest BCUT2D eigenvalue weighted by Crippen LogP contribution is 2.38. The zero-order valence-corrected chi connectivity index (χ0v) is 12.5. The summed E-state index contributed by atoms with van der Waals surface area (Å²) in [7, 11) is 0. The van der Waals surface area contributed by atoms with E-state index >= 15 is 0 Å². The van der Waals surface area contributed by atoms with E-state index < -0.39 is 11.9 Å². The molecule has 0 aliphatic carbocycles. The van der Waals surface area contributed by atoms with Crippen LogP contribution in [-0.2, 0) is 14.2 Å². The quantitative estimate of drug-likeness (QED) is 0.910. The van der Waals surface area contributed by atoms with Gasteiger partial charge in [0.05, 0.1) is 19.8 Å². The number of hydrogen-bond acceptors (Lipinski definition) is 4. The van der Waals surface area contributed by atoms with Gasteiger partial charge in [0.25, 0.3) is 0 Å². The number of hydrogen-bond donors (Lipinski definition) is 1. The Balaban J connectivity index is 1.80. The largest absolute Gasteiger partial charge is 0.495 e. The molecule has 1 fully saturated rings. The van der Waals surface area contributed by atoms with Crippen LogP contribution in [0.1, 0.15) is 31.9 Å². The lowest BCUT2D eigenvalue weighted by Gasteiger charge is -2.44. The van der Waals surface area contributed by atoms with Crippen molar-refractivity contribution in [2.75, 3.05) is 19.8 Å². The molecule has 1 N–H and O–H groups in total. The second kappa shape index (κ2) is 5.44. The van der Waals surface area contributed by atoms with Crippen molar-refractivity contribution in [3.05, 3.63) is 47.7 Å². The number of ether oxygens (including phenoxy) is 3. The van der Waals surface area contributed by atoms with Gasteiger partial charge in [0.2, 0.25) is 0 Å². The summed E-state index contributed by atoms with van der Waals surface area (Å²) in [6, 6.07) is 9.47. The summed E-state index contributed by atoms with van der Waals surface area (Å²) in [5.74, 6) is -0.245. The van der Waals surface area contributed by atoms with Gasteiger partial charge in [-0.25, -0.2) is 0 Å². The monoisotopic (exact) mass is 290 g/mol. The highest BCUT2D eigenvalue weighted by Gasteiger charge is 2.42. The first-order valence-corrected chi connectivity index (χ1v) is 7.36. The minimum atomic E-state index is -0.787. The van der Waals surface area contributed by atoms with Crippen LogP contribution in [0.15, 0.2) is 42.2 Å². The highest BCUT2D eigenvalue weighted by atomic mass is 16.7. The fourth-order valence-electron chi connectivity index (χ4n) is 2.55. The third-order valence-electron chi connectivity index (χ3n) is 3.88. The summed E-state index contributed by atoms with van der Waals surface area (Å²) < 4.78 is 17.5. The predicted octanol–water partition coefficient (Wildman–Crippen LogP) is 2.79. The predicted molar refractivity (Wildman–Crippen MR) is 78.5 cm³/mol. The third kappa shape index (κ3) is 3.12. The molecule has 2 heterocycles. The van der Waals surface area contributed by atoms with Crippen LogP contribution >= 0.6 is 0 Å². The summed E-state index contributed by atoms with van der Waals surface area (Å²) >= 11 is 0. The molecule has 114 valence electrons. The summed E-state index contributed by atoms with van der Waals surface area (Å²) in [5, 5.41) is 10.5. The summed E-state index contributed by atoms with van der Waals surface area (Å²) in [5.41, 5.74) is 0.826. The minimum absolute atomic E-state index is 0.0234. The molecule has 0 aromatic heterocycles. The first-order chi connectivity index (χ1) is 10.00. The molecule has 1 aromatic rings. The van der Waals surface area contributed by atoms with Crippen LogP contribution < -0.4 is 0 Å². The van der Waals surface area contributed by atoms with E-state index in [-0.39, 0.29) is 5.41 Å². The number of benzene rings is 1. The van der Waals surface area contributed by atoms with Gasteiger partial charge in [-0.15, -0.1) is 0 Å². The Morgan fingerprint density at radius 2 is 1.76 bits per heavy atom. The molecule has 4 heteroatoms. The standard InChI is InChI=1S/C17H22O4/c1-16(2)11-20-17(21-12-16)8-9-19-14(10-17)15(18)13-6-4-3-5-7-13/h3-7,10,15,18H,8-9,11-12H2,1-2H3/t15-/m0/s1. The first-order valence-electron chi connectivity index (χ1n) is 7.36. The Hall–Kier alpha value is -1.36. The van der Waals surface area contributed by atoms with E-state index in [9.17, 15) is 5.11 Å². The summed E-state index contributed by atoms with van der Waals surface area (Å²) in [6.45, 7) is 5.98. The summed E-state index contributed by atoms with van der Waals surface area (Å²) in [6.07, 6.45) is 1.66. The molecule has 1 spiro atoms. The topological polar surface area (TPSA) is 47.9 Å². The molecule has 21 heavy (non-hydrogen) atoms. The van der Waals surface area contributed by atoms with Gasteiger partial charge in [0.15, 0.2) is 5.79 Å². The van der Waals surface area contributed by atoms with Crippen molar-refractivity contribution in [3.63, 3.8) is 0 Å². The molecule has 2 aliphatic rings. The van der Waals surface area contributed by atoms with Crippen molar-refractivity contribution in [1.82, 2.24) is 0 Å².